The largest absolute Gasteiger partial charge is 1.00 e. The quantitative estimate of drug-likeness (QED) is 0.466. The number of nitrogens with one attached hydrogen (secondary N) is 2. The first kappa shape index (κ1) is 22.5. The Morgan fingerprint density at radius 1 is 1.21 bits per heavy atom. The van der Waals surface area contributed by atoms with E-state index in [2.05, 4.69) is 10.6 Å². The number of amides is 1. The summed E-state index contributed by atoms with van der Waals surface area (Å²) in [7, 11) is 0. The average Bonchev–Trinajstić information content (AvgIpc) is 2.45. The van der Waals surface area contributed by atoms with Crippen LogP contribution in [0.5, 0.6) is 11.5 Å². The van der Waals surface area contributed by atoms with Gasteiger partial charge in [-0.05, 0) is 45.4 Å². The SMILES string of the molecule is CCOc1cc(CNCCO)ccc1OCC(=O)NC(C)(C)C.[Cl-]. The van der Waals surface area contributed by atoms with E-state index < -0.39 is 0 Å². The molecule has 6 nitrogen and oxygen atoms in total. The first-order chi connectivity index (χ1) is 10.9. The van der Waals surface area contributed by atoms with Gasteiger partial charge in [0.25, 0.3) is 5.91 Å². The molecule has 3 N–H and O–H groups in total. The third kappa shape index (κ3) is 8.96. The molecule has 0 bridgehead atoms. The molecule has 0 fully saturated rings. The summed E-state index contributed by atoms with van der Waals surface area (Å²) >= 11 is 0. The average molecular weight is 360 g/mol. The fraction of sp³-hybridized carbons (Fsp3) is 0.588. The predicted octanol–water partition coefficient (Wildman–Crippen LogP) is -1.54. The number of aliphatic hydroxyl groups excluding tert-OH is 1. The Morgan fingerprint density at radius 3 is 2.50 bits per heavy atom. The van der Waals surface area contributed by atoms with Gasteiger partial charge in [0.1, 0.15) is 0 Å². The van der Waals surface area contributed by atoms with Crippen molar-refractivity contribution in [2.45, 2.75) is 39.8 Å². The van der Waals surface area contributed by atoms with Gasteiger partial charge in [0.05, 0.1) is 13.2 Å². The Bertz CT molecular complexity index is 504. The smallest absolute Gasteiger partial charge is 0.258 e. The molecule has 1 rings (SSSR count). The highest BCUT2D eigenvalue weighted by molar-refractivity contribution is 5.78. The number of rotatable bonds is 9. The van der Waals surface area contributed by atoms with Crippen LogP contribution >= 0.6 is 0 Å². The molecule has 0 unspecified atom stereocenters. The van der Waals surface area contributed by atoms with Crippen LogP contribution in [-0.2, 0) is 11.3 Å². The molecule has 0 aliphatic carbocycles. The molecule has 1 aromatic carbocycles. The lowest BCUT2D eigenvalue weighted by molar-refractivity contribution is -0.124. The number of hydrogen-bond acceptors (Lipinski definition) is 5. The maximum atomic E-state index is 11.8. The maximum absolute atomic E-state index is 11.8. The van der Waals surface area contributed by atoms with Crippen LogP contribution in [0.25, 0.3) is 0 Å². The molecule has 24 heavy (non-hydrogen) atoms. The number of aliphatic hydroxyl groups is 1. The predicted molar refractivity (Wildman–Crippen MR) is 89.8 cm³/mol. The van der Waals surface area contributed by atoms with Crippen molar-refractivity contribution in [1.82, 2.24) is 10.6 Å². The van der Waals surface area contributed by atoms with E-state index in [1.807, 2.05) is 39.8 Å². The molecule has 0 aliphatic heterocycles. The van der Waals surface area contributed by atoms with Crippen LogP contribution in [0.3, 0.4) is 0 Å². The molecule has 0 radical (unpaired) electrons. The van der Waals surface area contributed by atoms with Crippen LogP contribution in [0.15, 0.2) is 18.2 Å². The summed E-state index contributed by atoms with van der Waals surface area (Å²) in [4.78, 5) is 11.8. The molecule has 0 heterocycles. The van der Waals surface area contributed by atoms with Gasteiger partial charge in [0.15, 0.2) is 18.1 Å². The minimum absolute atomic E-state index is 0. The second-order valence-corrected chi connectivity index (χ2v) is 6.20. The Balaban J connectivity index is 0.00000529. The van der Waals surface area contributed by atoms with Gasteiger partial charge < -0.3 is 37.6 Å². The monoisotopic (exact) mass is 359 g/mol. The highest BCUT2D eigenvalue weighted by Crippen LogP contribution is 2.28. The molecular formula is C17H28ClN2O4-. The number of halogens is 1. The highest BCUT2D eigenvalue weighted by atomic mass is 35.5. The summed E-state index contributed by atoms with van der Waals surface area (Å²) in [6.45, 7) is 9.38. The normalized spacial score (nSPS) is 10.7. The number of carbonyl (C=O) groups is 1. The van der Waals surface area contributed by atoms with Crippen LogP contribution in [0.4, 0.5) is 0 Å². The zero-order valence-corrected chi connectivity index (χ0v) is 15.6. The topological polar surface area (TPSA) is 79.8 Å². The van der Waals surface area contributed by atoms with Gasteiger partial charge >= 0.3 is 0 Å². The summed E-state index contributed by atoms with van der Waals surface area (Å²) < 4.78 is 11.2. The minimum Gasteiger partial charge on any atom is -1.00 e. The van der Waals surface area contributed by atoms with Crippen LogP contribution in [0.1, 0.15) is 33.3 Å². The molecule has 0 spiro atoms. The summed E-state index contributed by atoms with van der Waals surface area (Å²) in [6.07, 6.45) is 0. The Labute approximate surface area is 150 Å². The van der Waals surface area contributed by atoms with Crippen molar-refractivity contribution in [3.63, 3.8) is 0 Å². The van der Waals surface area contributed by atoms with Crippen molar-refractivity contribution in [2.75, 3.05) is 26.4 Å². The van der Waals surface area contributed by atoms with Gasteiger partial charge in [0, 0.05) is 18.6 Å². The van der Waals surface area contributed by atoms with Crippen molar-refractivity contribution in [2.24, 2.45) is 0 Å². The van der Waals surface area contributed by atoms with E-state index in [-0.39, 0.29) is 37.1 Å². The first-order valence-electron chi connectivity index (χ1n) is 7.87. The summed E-state index contributed by atoms with van der Waals surface area (Å²) in [5.41, 5.74) is 0.735. The molecule has 0 saturated heterocycles. The van der Waals surface area contributed by atoms with Gasteiger partial charge in [-0.15, -0.1) is 0 Å². The Kier molecular flexibility index (Phi) is 10.4. The molecule has 1 aromatic rings. The van der Waals surface area contributed by atoms with Crippen LogP contribution in [-0.4, -0.2) is 42.9 Å². The zero-order valence-electron chi connectivity index (χ0n) is 14.8. The fourth-order valence-corrected chi connectivity index (χ4v) is 1.96. The van der Waals surface area contributed by atoms with Gasteiger partial charge in [-0.25, -0.2) is 0 Å². The molecule has 0 aliphatic rings. The Morgan fingerprint density at radius 2 is 1.92 bits per heavy atom. The van der Waals surface area contributed by atoms with E-state index in [9.17, 15) is 4.79 Å². The standard InChI is InChI=1S/C17H28N2O4.ClH/c1-5-22-15-10-13(11-18-8-9-20)6-7-14(15)23-12-16(21)19-17(2,3)4;/h6-7,10,18,20H,5,8-9,11-12H2,1-4H3,(H,19,21);1H/p-1. The van der Waals surface area contributed by atoms with E-state index >= 15 is 0 Å². The molecule has 138 valence electrons. The van der Waals surface area contributed by atoms with Gasteiger partial charge in [0.2, 0.25) is 0 Å². The van der Waals surface area contributed by atoms with E-state index in [1.54, 1.807) is 6.07 Å². The van der Waals surface area contributed by atoms with Gasteiger partial charge in [-0.3, -0.25) is 4.79 Å². The lowest BCUT2D eigenvalue weighted by atomic mass is 10.1. The van der Waals surface area contributed by atoms with Gasteiger partial charge in [-0.2, -0.15) is 0 Å². The minimum atomic E-state index is -0.286. The first-order valence-corrected chi connectivity index (χ1v) is 7.87. The summed E-state index contributed by atoms with van der Waals surface area (Å²) in [6, 6.07) is 5.58. The van der Waals surface area contributed by atoms with Crippen molar-refractivity contribution in [1.29, 1.82) is 0 Å². The van der Waals surface area contributed by atoms with Crippen LogP contribution in [0.2, 0.25) is 0 Å². The molecule has 1 amide bonds. The molecule has 0 aromatic heterocycles. The van der Waals surface area contributed by atoms with Crippen molar-refractivity contribution in [3.8, 4) is 11.5 Å². The highest BCUT2D eigenvalue weighted by Gasteiger charge is 2.15. The van der Waals surface area contributed by atoms with Crippen molar-refractivity contribution >= 4 is 5.91 Å². The van der Waals surface area contributed by atoms with E-state index in [4.69, 9.17) is 14.6 Å². The van der Waals surface area contributed by atoms with E-state index in [0.29, 0.717) is 31.2 Å². The maximum Gasteiger partial charge on any atom is 0.258 e. The van der Waals surface area contributed by atoms with Crippen molar-refractivity contribution < 1.29 is 31.8 Å². The molecule has 7 heteroatoms. The molecular weight excluding hydrogens is 332 g/mol. The fourth-order valence-electron chi connectivity index (χ4n) is 1.96. The third-order valence-corrected chi connectivity index (χ3v) is 2.80. The lowest BCUT2D eigenvalue weighted by Crippen LogP contribution is -3.00. The molecule has 0 atom stereocenters. The number of carbonyl (C=O) groups excluding carboxylic acids is 1. The van der Waals surface area contributed by atoms with E-state index in [1.165, 1.54) is 0 Å². The number of ether oxygens (including phenoxy) is 2. The third-order valence-electron chi connectivity index (χ3n) is 2.80. The second kappa shape index (κ2) is 11.1. The number of hydrogen-bond donors (Lipinski definition) is 3. The zero-order chi connectivity index (χ0) is 17.3. The van der Waals surface area contributed by atoms with Crippen LogP contribution < -0.4 is 32.5 Å². The molecule has 0 saturated carbocycles. The van der Waals surface area contributed by atoms with Gasteiger partial charge in [-0.1, -0.05) is 6.07 Å². The van der Waals surface area contributed by atoms with E-state index in [0.717, 1.165) is 5.56 Å². The number of benzene rings is 1. The second-order valence-electron chi connectivity index (χ2n) is 6.20. The summed E-state index contributed by atoms with van der Waals surface area (Å²) in [5, 5.41) is 14.7. The lowest BCUT2D eigenvalue weighted by Gasteiger charge is -2.21. The summed E-state index contributed by atoms with van der Waals surface area (Å²) in [5.74, 6) is 0.981. The Hall–Kier alpha value is -1.50. The van der Waals surface area contributed by atoms with Crippen LogP contribution in [0, 0.1) is 0 Å². The van der Waals surface area contributed by atoms with Crippen molar-refractivity contribution in [3.05, 3.63) is 23.8 Å².